The van der Waals surface area contributed by atoms with E-state index in [4.69, 9.17) is 0 Å². The third-order valence-electron chi connectivity index (χ3n) is 4.15. The lowest BCUT2D eigenvalue weighted by molar-refractivity contribution is -0.149. The van der Waals surface area contributed by atoms with Gasteiger partial charge in [-0.25, -0.2) is 4.98 Å². The first kappa shape index (κ1) is 19.7. The molecule has 1 aromatic heterocycles. The molecule has 0 amide bonds. The minimum atomic E-state index is -1.23. The van der Waals surface area contributed by atoms with Crippen LogP contribution in [0.15, 0.2) is 70.6 Å². The average Bonchev–Trinajstić information content (AvgIpc) is 3.09. The van der Waals surface area contributed by atoms with Gasteiger partial charge < -0.3 is 10.2 Å². The molecule has 0 saturated heterocycles. The smallest absolute Gasteiger partial charge is 0.324 e. The fourth-order valence-electron chi connectivity index (χ4n) is 2.92. The molecule has 2 aromatic carbocycles. The lowest BCUT2D eigenvalue weighted by atomic mass is 10.1. The van der Waals surface area contributed by atoms with Crippen molar-refractivity contribution >= 4 is 33.2 Å². The van der Waals surface area contributed by atoms with Crippen LogP contribution in [0.3, 0.4) is 0 Å². The number of aliphatic hydroxyl groups excluding tert-OH is 1. The van der Waals surface area contributed by atoms with E-state index in [-0.39, 0.29) is 0 Å². The summed E-state index contributed by atoms with van der Waals surface area (Å²) in [5, 5.41) is 22.8. The number of rotatable bonds is 8. The van der Waals surface area contributed by atoms with Crippen LogP contribution in [0.2, 0.25) is 0 Å². The molecule has 0 spiro atoms. The van der Waals surface area contributed by atoms with Crippen LogP contribution in [0.4, 0.5) is 0 Å². The molecule has 0 fully saturated rings. The Bertz CT molecular complexity index is 832. The Kier molecular flexibility index (Phi) is 6.73. The molecule has 5 nitrogen and oxygen atoms in total. The molecule has 0 aliphatic heterocycles. The molecular formula is C20H19BrN2O3S. The molecular weight excluding hydrogens is 428 g/mol. The van der Waals surface area contributed by atoms with Crippen molar-refractivity contribution < 1.29 is 15.0 Å². The standard InChI is InChI=1S/C20H19BrN2O3S/c21-16-13-27-19(22-16)18(24)17(20(25)26)23(11-14-7-3-1-4-8-14)12-15-9-5-2-6-10-15/h1-10,13,17-18,24H,11-12H2,(H,25,26). The van der Waals surface area contributed by atoms with Crippen molar-refractivity contribution in [3.05, 3.63) is 86.8 Å². The van der Waals surface area contributed by atoms with E-state index < -0.39 is 18.1 Å². The average molecular weight is 447 g/mol. The van der Waals surface area contributed by atoms with Gasteiger partial charge in [-0.2, -0.15) is 0 Å². The number of thiazole rings is 1. The van der Waals surface area contributed by atoms with Crippen LogP contribution < -0.4 is 0 Å². The van der Waals surface area contributed by atoms with Crippen molar-refractivity contribution in [1.29, 1.82) is 0 Å². The molecule has 7 heteroatoms. The van der Waals surface area contributed by atoms with Crippen LogP contribution in [0.5, 0.6) is 0 Å². The second kappa shape index (κ2) is 9.23. The molecule has 0 bridgehead atoms. The summed E-state index contributed by atoms with van der Waals surface area (Å²) in [7, 11) is 0. The summed E-state index contributed by atoms with van der Waals surface area (Å²) in [6, 6.07) is 18.2. The molecule has 140 valence electrons. The van der Waals surface area contributed by atoms with Crippen molar-refractivity contribution in [3.8, 4) is 0 Å². The van der Waals surface area contributed by atoms with Gasteiger partial charge >= 0.3 is 5.97 Å². The number of halogens is 1. The Hall–Kier alpha value is -2.06. The Balaban J connectivity index is 1.92. The Morgan fingerprint density at radius 2 is 1.56 bits per heavy atom. The van der Waals surface area contributed by atoms with Gasteiger partial charge in [-0.3, -0.25) is 9.69 Å². The maximum atomic E-state index is 12.1. The molecule has 3 rings (SSSR count). The van der Waals surface area contributed by atoms with E-state index in [1.165, 1.54) is 11.3 Å². The first-order valence-corrected chi connectivity index (χ1v) is 10.1. The zero-order valence-electron chi connectivity index (χ0n) is 14.4. The Labute approximate surface area is 170 Å². The first-order chi connectivity index (χ1) is 13.0. The summed E-state index contributed by atoms with van der Waals surface area (Å²) in [6.45, 7) is 0.798. The van der Waals surface area contributed by atoms with Crippen molar-refractivity contribution in [2.45, 2.75) is 25.2 Å². The SMILES string of the molecule is O=C(O)C(C(O)c1nc(Br)cs1)N(Cc1ccccc1)Cc1ccccc1. The number of carboxylic acid groups (broad SMARTS) is 1. The van der Waals surface area contributed by atoms with Gasteiger partial charge in [0.2, 0.25) is 0 Å². The molecule has 3 aromatic rings. The normalized spacial score (nSPS) is 13.4. The molecule has 0 saturated carbocycles. The number of hydrogen-bond acceptors (Lipinski definition) is 5. The number of aromatic nitrogens is 1. The number of aliphatic hydroxyl groups is 1. The predicted octanol–water partition coefficient (Wildman–Crippen LogP) is 4.09. The number of benzene rings is 2. The predicted molar refractivity (Wildman–Crippen MR) is 108 cm³/mol. The van der Waals surface area contributed by atoms with Crippen LogP contribution in [-0.2, 0) is 17.9 Å². The first-order valence-electron chi connectivity index (χ1n) is 8.38. The van der Waals surface area contributed by atoms with Gasteiger partial charge in [0.05, 0.1) is 0 Å². The van der Waals surface area contributed by atoms with Gasteiger partial charge in [0.15, 0.2) is 0 Å². The van der Waals surface area contributed by atoms with Gasteiger partial charge in [0.1, 0.15) is 21.8 Å². The highest BCUT2D eigenvalue weighted by Gasteiger charge is 2.35. The zero-order chi connectivity index (χ0) is 19.2. The zero-order valence-corrected chi connectivity index (χ0v) is 16.8. The van der Waals surface area contributed by atoms with Crippen LogP contribution in [0.25, 0.3) is 0 Å². The molecule has 27 heavy (non-hydrogen) atoms. The Morgan fingerprint density at radius 3 is 1.96 bits per heavy atom. The molecule has 1 heterocycles. The molecule has 2 unspecified atom stereocenters. The second-order valence-corrected chi connectivity index (χ2v) is 7.81. The summed E-state index contributed by atoms with van der Waals surface area (Å²) in [5.74, 6) is -1.08. The third-order valence-corrected chi connectivity index (χ3v) is 5.77. The van der Waals surface area contributed by atoms with E-state index in [9.17, 15) is 15.0 Å². The van der Waals surface area contributed by atoms with Crippen molar-refractivity contribution in [2.75, 3.05) is 0 Å². The highest BCUT2D eigenvalue weighted by atomic mass is 79.9. The number of carbonyl (C=O) groups is 1. The van der Waals surface area contributed by atoms with Gasteiger partial charge in [-0.15, -0.1) is 11.3 Å². The largest absolute Gasteiger partial charge is 0.480 e. The van der Waals surface area contributed by atoms with Crippen molar-refractivity contribution in [3.63, 3.8) is 0 Å². The number of nitrogens with zero attached hydrogens (tertiary/aromatic N) is 2. The third kappa shape index (κ3) is 5.23. The summed E-state index contributed by atoms with van der Waals surface area (Å²) >= 11 is 4.49. The molecule has 0 aliphatic carbocycles. The summed E-state index contributed by atoms with van der Waals surface area (Å²) in [6.07, 6.45) is -1.23. The maximum Gasteiger partial charge on any atom is 0.324 e. The maximum absolute atomic E-state index is 12.1. The van der Waals surface area contributed by atoms with Crippen LogP contribution >= 0.6 is 27.3 Å². The molecule has 0 radical (unpaired) electrons. The highest BCUT2D eigenvalue weighted by Crippen LogP contribution is 2.28. The van der Waals surface area contributed by atoms with E-state index in [2.05, 4.69) is 20.9 Å². The number of carboxylic acids is 1. The lowest BCUT2D eigenvalue weighted by Gasteiger charge is -2.31. The minimum absolute atomic E-state index is 0.375. The lowest BCUT2D eigenvalue weighted by Crippen LogP contribution is -2.44. The summed E-state index contributed by atoms with van der Waals surface area (Å²) < 4.78 is 0.586. The molecule has 2 atom stereocenters. The Morgan fingerprint density at radius 1 is 1.04 bits per heavy atom. The van der Waals surface area contributed by atoms with Crippen LogP contribution in [-0.4, -0.2) is 32.1 Å². The van der Waals surface area contributed by atoms with Crippen LogP contribution in [0, 0.1) is 0 Å². The highest BCUT2D eigenvalue weighted by molar-refractivity contribution is 9.10. The van der Waals surface area contributed by atoms with Crippen molar-refractivity contribution in [2.24, 2.45) is 0 Å². The van der Waals surface area contributed by atoms with Gasteiger partial charge in [-0.05, 0) is 27.1 Å². The summed E-state index contributed by atoms with van der Waals surface area (Å²) in [4.78, 5) is 18.1. The molecule has 2 N–H and O–H groups in total. The molecule has 0 aliphatic rings. The number of hydrogen-bond donors (Lipinski definition) is 2. The second-order valence-electron chi connectivity index (χ2n) is 6.11. The summed E-state index contributed by atoms with van der Waals surface area (Å²) in [5.41, 5.74) is 1.96. The van der Waals surface area contributed by atoms with Gasteiger partial charge in [-0.1, -0.05) is 60.7 Å². The van der Waals surface area contributed by atoms with E-state index >= 15 is 0 Å². The quantitative estimate of drug-likeness (QED) is 0.544. The fourth-order valence-corrected chi connectivity index (χ4v) is 4.20. The van der Waals surface area contributed by atoms with Gasteiger partial charge in [0, 0.05) is 18.5 Å². The minimum Gasteiger partial charge on any atom is -0.480 e. The van der Waals surface area contributed by atoms with E-state index in [0.717, 1.165) is 11.1 Å². The fraction of sp³-hybridized carbons (Fsp3) is 0.200. The topological polar surface area (TPSA) is 73.7 Å². The monoisotopic (exact) mass is 446 g/mol. The van der Waals surface area contributed by atoms with E-state index in [0.29, 0.717) is 22.7 Å². The van der Waals surface area contributed by atoms with E-state index in [1.54, 1.807) is 10.3 Å². The van der Waals surface area contributed by atoms with Crippen LogP contribution in [0.1, 0.15) is 22.2 Å². The number of aliphatic carboxylic acids is 1. The van der Waals surface area contributed by atoms with Gasteiger partial charge in [0.25, 0.3) is 0 Å². The van der Waals surface area contributed by atoms with Crippen molar-refractivity contribution in [1.82, 2.24) is 9.88 Å². The van der Waals surface area contributed by atoms with E-state index in [1.807, 2.05) is 60.7 Å².